The number of nitrogens with zero attached hydrogens (tertiary/aromatic N) is 2. The first-order valence-corrected chi connectivity index (χ1v) is 8.25. The van der Waals surface area contributed by atoms with Crippen molar-refractivity contribution in [1.82, 2.24) is 9.80 Å². The molecule has 0 aromatic carbocycles. The highest BCUT2D eigenvalue weighted by Gasteiger charge is 2.34. The van der Waals surface area contributed by atoms with Gasteiger partial charge in [0.1, 0.15) is 12.4 Å². The maximum Gasteiger partial charge on any atom is 0.116 e. The fourth-order valence-electron chi connectivity index (χ4n) is 3.73. The lowest BCUT2D eigenvalue weighted by atomic mass is 9.95. The zero-order valence-corrected chi connectivity index (χ0v) is 12.9. The number of hydrogen-bond donors (Lipinski definition) is 0. The van der Waals surface area contributed by atoms with Crippen LogP contribution in [0.3, 0.4) is 0 Å². The summed E-state index contributed by atoms with van der Waals surface area (Å²) in [5.41, 5.74) is 0. The summed E-state index contributed by atoms with van der Waals surface area (Å²) < 4.78 is 5.99. The van der Waals surface area contributed by atoms with Gasteiger partial charge in [0.15, 0.2) is 0 Å². The van der Waals surface area contributed by atoms with Crippen LogP contribution < -0.4 is 0 Å². The van der Waals surface area contributed by atoms with Crippen LogP contribution in [0.4, 0.5) is 0 Å². The van der Waals surface area contributed by atoms with Crippen LogP contribution in [0.2, 0.25) is 0 Å². The van der Waals surface area contributed by atoms with E-state index in [4.69, 9.17) is 4.74 Å². The van der Waals surface area contributed by atoms with E-state index < -0.39 is 0 Å². The Hall–Kier alpha value is -0.800. The predicted octanol–water partition coefficient (Wildman–Crippen LogP) is 2.65. The molecule has 3 aliphatic rings. The highest BCUT2D eigenvalue weighted by molar-refractivity contribution is 5.25. The second-order valence-electron chi connectivity index (χ2n) is 6.60. The molecule has 2 saturated heterocycles. The van der Waals surface area contributed by atoms with E-state index in [9.17, 15) is 0 Å². The molecule has 1 aliphatic carbocycles. The van der Waals surface area contributed by atoms with Gasteiger partial charge in [-0.25, -0.2) is 0 Å². The number of allylic oxidation sites excluding steroid dienone is 1. The van der Waals surface area contributed by atoms with E-state index in [-0.39, 0.29) is 0 Å². The van der Waals surface area contributed by atoms with Crippen LogP contribution in [-0.4, -0.2) is 54.7 Å². The van der Waals surface area contributed by atoms with Crippen LogP contribution >= 0.6 is 0 Å². The number of rotatable bonds is 5. The molecular weight excluding hydrogens is 248 g/mol. The molecule has 0 radical (unpaired) electrons. The number of hydrogen-bond acceptors (Lipinski definition) is 3. The molecule has 0 saturated carbocycles. The number of fused-ring (bicyclic) bond motifs is 1. The van der Waals surface area contributed by atoms with E-state index in [2.05, 4.69) is 41.9 Å². The minimum Gasteiger partial charge on any atom is -0.493 e. The zero-order valence-electron chi connectivity index (χ0n) is 12.9. The Kier molecular flexibility index (Phi) is 4.47. The fourth-order valence-corrected chi connectivity index (χ4v) is 3.73. The highest BCUT2D eigenvalue weighted by Crippen LogP contribution is 2.32. The SMILES string of the molecule is CC(C)N1CCC2C=CC(OCCN3CCCC3)=CC21. The van der Waals surface area contributed by atoms with Crippen LogP contribution in [0.25, 0.3) is 0 Å². The molecule has 20 heavy (non-hydrogen) atoms. The summed E-state index contributed by atoms with van der Waals surface area (Å²) >= 11 is 0. The van der Waals surface area contributed by atoms with Crippen molar-refractivity contribution in [2.24, 2.45) is 5.92 Å². The molecule has 0 spiro atoms. The Bertz CT molecular complexity index is 382. The Balaban J connectivity index is 1.51. The van der Waals surface area contributed by atoms with Gasteiger partial charge in [0, 0.05) is 18.6 Å². The summed E-state index contributed by atoms with van der Waals surface area (Å²) in [6.07, 6.45) is 10.9. The lowest BCUT2D eigenvalue weighted by Crippen LogP contribution is -2.37. The largest absolute Gasteiger partial charge is 0.493 e. The molecule has 3 heteroatoms. The predicted molar refractivity (Wildman–Crippen MR) is 82.6 cm³/mol. The molecule has 2 fully saturated rings. The first kappa shape index (κ1) is 14.2. The Morgan fingerprint density at radius 2 is 2.05 bits per heavy atom. The smallest absolute Gasteiger partial charge is 0.116 e. The average molecular weight is 276 g/mol. The molecule has 0 aromatic heterocycles. The van der Waals surface area contributed by atoms with Crippen molar-refractivity contribution >= 4 is 0 Å². The van der Waals surface area contributed by atoms with E-state index >= 15 is 0 Å². The maximum atomic E-state index is 5.99. The first-order chi connectivity index (χ1) is 9.74. The van der Waals surface area contributed by atoms with Crippen molar-refractivity contribution in [2.75, 3.05) is 32.8 Å². The quantitative estimate of drug-likeness (QED) is 0.768. The molecule has 0 N–H and O–H groups in total. The summed E-state index contributed by atoms with van der Waals surface area (Å²) in [7, 11) is 0. The highest BCUT2D eigenvalue weighted by atomic mass is 16.5. The molecule has 2 heterocycles. The van der Waals surface area contributed by atoms with Gasteiger partial charge in [-0.3, -0.25) is 9.80 Å². The molecule has 3 rings (SSSR count). The van der Waals surface area contributed by atoms with E-state index in [0.29, 0.717) is 18.0 Å². The van der Waals surface area contributed by atoms with Crippen LogP contribution in [-0.2, 0) is 4.74 Å². The third-order valence-electron chi connectivity index (χ3n) is 4.92. The summed E-state index contributed by atoms with van der Waals surface area (Å²) in [6, 6.07) is 1.18. The van der Waals surface area contributed by atoms with Crippen molar-refractivity contribution in [3.8, 4) is 0 Å². The van der Waals surface area contributed by atoms with Gasteiger partial charge in [-0.15, -0.1) is 0 Å². The van der Waals surface area contributed by atoms with Gasteiger partial charge in [-0.05, 0) is 70.8 Å². The van der Waals surface area contributed by atoms with Gasteiger partial charge in [0.2, 0.25) is 0 Å². The second kappa shape index (κ2) is 6.31. The third-order valence-corrected chi connectivity index (χ3v) is 4.92. The summed E-state index contributed by atoms with van der Waals surface area (Å²) in [5, 5.41) is 0. The summed E-state index contributed by atoms with van der Waals surface area (Å²) in [6.45, 7) is 10.2. The van der Waals surface area contributed by atoms with Gasteiger partial charge in [0.05, 0.1) is 0 Å². The Morgan fingerprint density at radius 1 is 1.25 bits per heavy atom. The van der Waals surface area contributed by atoms with Crippen molar-refractivity contribution in [3.05, 3.63) is 24.0 Å². The van der Waals surface area contributed by atoms with Gasteiger partial charge in [-0.2, -0.15) is 0 Å². The normalized spacial score (nSPS) is 30.9. The fraction of sp³-hybridized carbons (Fsp3) is 0.765. The van der Waals surface area contributed by atoms with Crippen molar-refractivity contribution < 1.29 is 4.74 Å². The van der Waals surface area contributed by atoms with Crippen LogP contribution in [0, 0.1) is 5.92 Å². The third kappa shape index (κ3) is 3.09. The molecule has 0 aromatic rings. The van der Waals surface area contributed by atoms with E-state index in [1.54, 1.807) is 0 Å². The first-order valence-electron chi connectivity index (χ1n) is 8.25. The van der Waals surface area contributed by atoms with Crippen LogP contribution in [0.5, 0.6) is 0 Å². The lowest BCUT2D eigenvalue weighted by molar-refractivity contribution is 0.169. The topological polar surface area (TPSA) is 15.7 Å². The van der Waals surface area contributed by atoms with Crippen LogP contribution in [0.1, 0.15) is 33.1 Å². The molecular formula is C17H28N2O. The Morgan fingerprint density at radius 3 is 2.80 bits per heavy atom. The number of ether oxygens (including phenoxy) is 1. The molecule has 2 atom stereocenters. The second-order valence-corrected chi connectivity index (χ2v) is 6.60. The van der Waals surface area contributed by atoms with Gasteiger partial charge in [-0.1, -0.05) is 6.08 Å². The van der Waals surface area contributed by atoms with Crippen molar-refractivity contribution in [3.63, 3.8) is 0 Å². The molecule has 2 unspecified atom stereocenters. The monoisotopic (exact) mass is 276 g/mol. The number of likely N-dealkylation sites (tertiary alicyclic amines) is 2. The van der Waals surface area contributed by atoms with Gasteiger partial charge in [0.25, 0.3) is 0 Å². The van der Waals surface area contributed by atoms with E-state index in [1.165, 1.54) is 38.9 Å². The maximum absolute atomic E-state index is 5.99. The molecule has 0 amide bonds. The minimum atomic E-state index is 0.557. The molecule has 112 valence electrons. The Labute approximate surface area is 123 Å². The molecule has 0 bridgehead atoms. The van der Waals surface area contributed by atoms with Gasteiger partial charge >= 0.3 is 0 Å². The van der Waals surface area contributed by atoms with E-state index in [0.717, 1.165) is 18.9 Å². The van der Waals surface area contributed by atoms with Crippen molar-refractivity contribution in [2.45, 2.75) is 45.2 Å². The summed E-state index contributed by atoms with van der Waals surface area (Å²) in [5.74, 6) is 1.78. The zero-order chi connectivity index (χ0) is 13.9. The summed E-state index contributed by atoms with van der Waals surface area (Å²) in [4.78, 5) is 5.10. The standard InChI is InChI=1S/C17H28N2O/c1-14(2)19-10-7-15-5-6-16(13-17(15)19)20-12-11-18-8-3-4-9-18/h5-6,13-15,17H,3-4,7-12H2,1-2H3. The molecule has 2 aliphatic heterocycles. The average Bonchev–Trinajstić information content (AvgIpc) is 3.06. The van der Waals surface area contributed by atoms with E-state index in [1.807, 2.05) is 0 Å². The van der Waals surface area contributed by atoms with Crippen molar-refractivity contribution in [1.29, 1.82) is 0 Å². The van der Waals surface area contributed by atoms with Gasteiger partial charge < -0.3 is 4.74 Å². The minimum absolute atomic E-state index is 0.557. The lowest BCUT2D eigenvalue weighted by Gasteiger charge is -2.30. The van der Waals surface area contributed by atoms with Crippen LogP contribution in [0.15, 0.2) is 24.0 Å². The molecule has 3 nitrogen and oxygen atoms in total.